The zero-order chi connectivity index (χ0) is 22.2. The summed E-state index contributed by atoms with van der Waals surface area (Å²) in [7, 11) is 0. The van der Waals surface area contributed by atoms with Crippen molar-refractivity contribution in [2.24, 2.45) is 0 Å². The number of benzene rings is 4. The van der Waals surface area contributed by atoms with E-state index in [-0.39, 0.29) is 12.0 Å². The van der Waals surface area contributed by atoms with Gasteiger partial charge >= 0.3 is 0 Å². The first-order valence-electron chi connectivity index (χ1n) is 11.3. The summed E-state index contributed by atoms with van der Waals surface area (Å²) in [4.78, 5) is 0. The molecule has 1 N–H and O–H groups in total. The molecule has 4 rings (SSSR count). The van der Waals surface area contributed by atoms with Crippen molar-refractivity contribution in [3.05, 3.63) is 137 Å². The fourth-order valence-electron chi connectivity index (χ4n) is 4.40. The van der Waals surface area contributed by atoms with Gasteiger partial charge in [0.15, 0.2) is 0 Å². The first-order valence-corrected chi connectivity index (χ1v) is 11.3. The summed E-state index contributed by atoms with van der Waals surface area (Å²) in [6, 6.07) is 38.5. The number of anilines is 1. The van der Waals surface area contributed by atoms with E-state index in [9.17, 15) is 0 Å². The molecule has 0 saturated carbocycles. The lowest BCUT2D eigenvalue weighted by atomic mass is 9.85. The van der Waals surface area contributed by atoms with E-state index in [4.69, 9.17) is 4.74 Å². The molecule has 0 spiro atoms. The van der Waals surface area contributed by atoms with Crippen molar-refractivity contribution in [2.75, 3.05) is 11.9 Å². The highest BCUT2D eigenvalue weighted by Crippen LogP contribution is 2.30. The summed E-state index contributed by atoms with van der Waals surface area (Å²) in [5, 5.41) is 3.76. The Morgan fingerprint density at radius 3 is 1.69 bits per heavy atom. The largest absolute Gasteiger partial charge is 0.379 e. The average molecular weight is 422 g/mol. The zero-order valence-corrected chi connectivity index (χ0v) is 18.9. The Balaban J connectivity index is 1.61. The number of aryl methyl sites for hydroxylation is 2. The number of hydrogen-bond acceptors (Lipinski definition) is 2. The minimum Gasteiger partial charge on any atom is -0.379 e. The maximum atomic E-state index is 6.33. The topological polar surface area (TPSA) is 21.3 Å². The predicted molar refractivity (Wildman–Crippen MR) is 134 cm³/mol. The Hall–Kier alpha value is -3.36. The minimum atomic E-state index is 0.0770. The van der Waals surface area contributed by atoms with E-state index >= 15 is 0 Å². The molecule has 32 heavy (non-hydrogen) atoms. The second-order valence-electron chi connectivity index (χ2n) is 8.43. The normalized spacial score (nSPS) is 12.0. The van der Waals surface area contributed by atoms with Crippen LogP contribution in [0.5, 0.6) is 0 Å². The molecule has 2 heteroatoms. The van der Waals surface area contributed by atoms with Gasteiger partial charge in [-0.25, -0.2) is 0 Å². The lowest BCUT2D eigenvalue weighted by Gasteiger charge is -2.30. The average Bonchev–Trinajstić information content (AvgIpc) is 2.81. The van der Waals surface area contributed by atoms with Gasteiger partial charge in [-0.05, 0) is 42.7 Å². The van der Waals surface area contributed by atoms with Gasteiger partial charge in [0.1, 0.15) is 0 Å². The fourth-order valence-corrected chi connectivity index (χ4v) is 4.40. The van der Waals surface area contributed by atoms with E-state index in [1.807, 2.05) is 6.07 Å². The van der Waals surface area contributed by atoms with Gasteiger partial charge in [0.25, 0.3) is 0 Å². The van der Waals surface area contributed by atoms with Crippen molar-refractivity contribution in [1.29, 1.82) is 0 Å². The molecule has 0 aromatic heterocycles. The van der Waals surface area contributed by atoms with E-state index < -0.39 is 0 Å². The molecule has 0 aliphatic rings. The van der Waals surface area contributed by atoms with Gasteiger partial charge in [-0.2, -0.15) is 0 Å². The van der Waals surface area contributed by atoms with Crippen molar-refractivity contribution in [3.63, 3.8) is 0 Å². The lowest BCUT2D eigenvalue weighted by molar-refractivity contribution is 0.108. The highest BCUT2D eigenvalue weighted by atomic mass is 16.5. The molecule has 4 aromatic carbocycles. The molecular formula is C30H31NO. The number of ether oxygens (including phenoxy) is 1. The smallest absolute Gasteiger partial charge is 0.0718 e. The Morgan fingerprint density at radius 1 is 0.656 bits per heavy atom. The van der Waals surface area contributed by atoms with Crippen molar-refractivity contribution >= 4 is 5.69 Å². The van der Waals surface area contributed by atoms with Crippen LogP contribution >= 0.6 is 0 Å². The molecule has 0 fully saturated rings. The van der Waals surface area contributed by atoms with Gasteiger partial charge in [0, 0.05) is 11.6 Å². The summed E-state index contributed by atoms with van der Waals surface area (Å²) in [6.45, 7) is 5.47. The van der Waals surface area contributed by atoms with Crippen molar-refractivity contribution in [3.8, 4) is 0 Å². The van der Waals surface area contributed by atoms with E-state index in [1.165, 1.54) is 27.8 Å². The molecule has 0 amide bonds. The van der Waals surface area contributed by atoms with Crippen LogP contribution in [-0.2, 0) is 11.3 Å². The highest BCUT2D eigenvalue weighted by molar-refractivity contribution is 5.46. The van der Waals surface area contributed by atoms with Gasteiger partial charge in [-0.1, -0.05) is 108 Å². The Bertz CT molecular complexity index is 1030. The fraction of sp³-hybridized carbons (Fsp3) is 0.200. The van der Waals surface area contributed by atoms with E-state index in [2.05, 4.69) is 122 Å². The Kier molecular flexibility index (Phi) is 7.37. The summed E-state index contributed by atoms with van der Waals surface area (Å²) in [6.07, 6.45) is 0. The third-order valence-corrected chi connectivity index (χ3v) is 5.69. The van der Waals surface area contributed by atoms with E-state index in [0.29, 0.717) is 13.2 Å². The molecule has 0 unspecified atom stereocenters. The van der Waals surface area contributed by atoms with Crippen molar-refractivity contribution < 1.29 is 4.74 Å². The van der Waals surface area contributed by atoms with Crippen LogP contribution in [0.25, 0.3) is 0 Å². The molecule has 2 nitrogen and oxygen atoms in total. The summed E-state index contributed by atoms with van der Waals surface area (Å²) in [5.41, 5.74) is 7.42. The minimum absolute atomic E-state index is 0.0770. The predicted octanol–water partition coefficient (Wildman–Crippen LogP) is 7.13. The molecule has 4 aromatic rings. The first-order chi connectivity index (χ1) is 15.7. The van der Waals surface area contributed by atoms with Crippen LogP contribution in [0.3, 0.4) is 0 Å². The third kappa shape index (κ3) is 5.87. The number of rotatable bonds is 9. The molecular weight excluding hydrogens is 390 g/mol. The van der Waals surface area contributed by atoms with Crippen LogP contribution < -0.4 is 5.32 Å². The van der Waals surface area contributed by atoms with Gasteiger partial charge in [-0.3, -0.25) is 0 Å². The molecule has 0 aliphatic heterocycles. The molecule has 1 atom stereocenters. The second kappa shape index (κ2) is 10.8. The van der Waals surface area contributed by atoms with Gasteiger partial charge in [0.2, 0.25) is 0 Å². The van der Waals surface area contributed by atoms with Crippen LogP contribution in [0.1, 0.15) is 33.7 Å². The summed E-state index contributed by atoms with van der Waals surface area (Å²) < 4.78 is 6.33. The third-order valence-electron chi connectivity index (χ3n) is 5.69. The second-order valence-corrected chi connectivity index (χ2v) is 8.43. The lowest BCUT2D eigenvalue weighted by Crippen LogP contribution is -2.33. The SMILES string of the molecule is Cc1cc(C)cc(COC[C@@H](Nc2ccccc2)C(c2ccccc2)c2ccccc2)c1. The monoisotopic (exact) mass is 421 g/mol. The zero-order valence-electron chi connectivity index (χ0n) is 18.9. The number of para-hydroxylation sites is 1. The highest BCUT2D eigenvalue weighted by Gasteiger charge is 2.25. The van der Waals surface area contributed by atoms with Crippen LogP contribution in [-0.4, -0.2) is 12.6 Å². The van der Waals surface area contributed by atoms with Crippen molar-refractivity contribution in [1.82, 2.24) is 0 Å². The Labute approximate surface area is 191 Å². The summed E-state index contributed by atoms with van der Waals surface area (Å²) in [5.74, 6) is 0.164. The van der Waals surface area contributed by atoms with Gasteiger partial charge in [-0.15, -0.1) is 0 Å². The number of hydrogen-bond donors (Lipinski definition) is 1. The van der Waals surface area contributed by atoms with E-state index in [1.54, 1.807) is 0 Å². The molecule has 0 aliphatic carbocycles. The maximum Gasteiger partial charge on any atom is 0.0718 e. The molecule has 0 radical (unpaired) electrons. The molecule has 162 valence electrons. The summed E-state index contributed by atoms with van der Waals surface area (Å²) >= 11 is 0. The Morgan fingerprint density at radius 2 is 1.16 bits per heavy atom. The van der Waals surface area contributed by atoms with Crippen LogP contribution in [0.15, 0.2) is 109 Å². The van der Waals surface area contributed by atoms with Crippen molar-refractivity contribution in [2.45, 2.75) is 32.4 Å². The molecule has 0 heterocycles. The van der Waals surface area contributed by atoms with Crippen LogP contribution in [0.4, 0.5) is 5.69 Å². The van der Waals surface area contributed by atoms with Gasteiger partial charge < -0.3 is 10.1 Å². The van der Waals surface area contributed by atoms with Crippen LogP contribution in [0, 0.1) is 13.8 Å². The molecule has 0 bridgehead atoms. The quantitative estimate of drug-likeness (QED) is 0.310. The van der Waals surface area contributed by atoms with Gasteiger partial charge in [0.05, 0.1) is 19.3 Å². The maximum absolute atomic E-state index is 6.33. The first kappa shape index (κ1) is 21.9. The van der Waals surface area contributed by atoms with Crippen LogP contribution in [0.2, 0.25) is 0 Å². The number of nitrogens with one attached hydrogen (secondary N) is 1. The standard InChI is InChI=1S/C30H31NO/c1-23-18-24(2)20-25(19-23)21-32-22-29(31-28-16-10-5-11-17-28)30(26-12-6-3-7-13-26)27-14-8-4-9-15-27/h3-20,29-31H,21-22H2,1-2H3/t29-/m1/s1. The van der Waals surface area contributed by atoms with E-state index in [0.717, 1.165) is 5.69 Å². The molecule has 0 saturated heterocycles.